The number of hydroxylamine groups is 1. The van der Waals surface area contributed by atoms with Crippen molar-refractivity contribution in [3.05, 3.63) is 24.3 Å². The average Bonchev–Trinajstić information content (AvgIpc) is 2.98. The molecule has 0 saturated carbocycles. The summed E-state index contributed by atoms with van der Waals surface area (Å²) in [4.78, 5) is 25.1. The Morgan fingerprint density at radius 3 is 2.41 bits per heavy atom. The average molecular weight is 440 g/mol. The molecular weight excluding hydrogens is 421 g/mol. The van der Waals surface area contributed by atoms with Gasteiger partial charge < -0.3 is 9.47 Å². The topological polar surface area (TPSA) is 122 Å². The molecule has 162 valence electrons. The lowest BCUT2D eigenvalue weighted by molar-refractivity contribution is -0.153. The largest absolute Gasteiger partial charge is 0.484 e. The number of alkyl halides is 3. The van der Waals surface area contributed by atoms with E-state index in [4.69, 9.17) is 9.94 Å². The van der Waals surface area contributed by atoms with Crippen molar-refractivity contribution < 1.29 is 45.9 Å². The van der Waals surface area contributed by atoms with Crippen molar-refractivity contribution >= 4 is 27.5 Å². The number of hydrogen-bond donors (Lipinski definition) is 2. The first-order valence-electron chi connectivity index (χ1n) is 8.19. The van der Waals surface area contributed by atoms with Crippen LogP contribution in [0.4, 0.5) is 23.7 Å². The van der Waals surface area contributed by atoms with Gasteiger partial charge in [0.05, 0.1) is 6.54 Å². The number of nitrogens with one attached hydrogen (secondary N) is 1. The minimum absolute atomic E-state index is 0.0561. The third-order valence-electron chi connectivity index (χ3n) is 4.44. The number of ether oxygens (including phenoxy) is 2. The Kier molecular flexibility index (Phi) is 6.33. The number of hydrogen-bond acceptors (Lipinski definition) is 7. The molecule has 1 fully saturated rings. The van der Waals surface area contributed by atoms with Gasteiger partial charge >= 0.3 is 12.3 Å². The van der Waals surface area contributed by atoms with E-state index in [9.17, 15) is 31.2 Å². The molecule has 2 rings (SSSR count). The zero-order valence-corrected chi connectivity index (χ0v) is 16.2. The van der Waals surface area contributed by atoms with E-state index in [0.29, 0.717) is 0 Å². The van der Waals surface area contributed by atoms with Crippen LogP contribution in [0.1, 0.15) is 13.3 Å². The van der Waals surface area contributed by atoms with Crippen LogP contribution in [0.25, 0.3) is 0 Å². The zero-order chi connectivity index (χ0) is 22.0. The number of benzene rings is 1. The fourth-order valence-electron chi connectivity index (χ4n) is 2.69. The summed E-state index contributed by atoms with van der Waals surface area (Å²) in [5.41, 5.74) is 1.58. The molecule has 1 heterocycles. The molecule has 0 bridgehead atoms. The van der Waals surface area contributed by atoms with Crippen LogP contribution in [0, 0.1) is 0 Å². The smallest absolute Gasteiger partial charge is 0.422 e. The second-order valence-corrected chi connectivity index (χ2v) is 9.11. The quantitative estimate of drug-likeness (QED) is 0.488. The van der Waals surface area contributed by atoms with Crippen LogP contribution in [0.15, 0.2) is 24.3 Å². The lowest BCUT2D eigenvalue weighted by Crippen LogP contribution is -2.51. The number of sulfone groups is 1. The molecule has 29 heavy (non-hydrogen) atoms. The summed E-state index contributed by atoms with van der Waals surface area (Å²) in [5, 5.41) is 8.85. The summed E-state index contributed by atoms with van der Waals surface area (Å²) >= 11 is 0. The van der Waals surface area contributed by atoms with Gasteiger partial charge in [-0.05, 0) is 31.2 Å². The van der Waals surface area contributed by atoms with Gasteiger partial charge in [-0.25, -0.2) is 18.7 Å². The highest BCUT2D eigenvalue weighted by atomic mass is 32.2. The van der Waals surface area contributed by atoms with Gasteiger partial charge in [-0.1, -0.05) is 0 Å². The second kappa shape index (κ2) is 8.06. The summed E-state index contributed by atoms with van der Waals surface area (Å²) in [6.45, 7) is -0.472. The first-order valence-corrected chi connectivity index (χ1v) is 10.1. The van der Waals surface area contributed by atoms with E-state index in [1.807, 2.05) is 0 Å². The van der Waals surface area contributed by atoms with E-state index in [-0.39, 0.29) is 18.0 Å². The molecular formula is C16H19F3N2O7S. The Morgan fingerprint density at radius 1 is 1.34 bits per heavy atom. The summed E-state index contributed by atoms with van der Waals surface area (Å²) in [5.74, 6) is -1.22. The highest BCUT2D eigenvalue weighted by Gasteiger charge is 2.48. The molecule has 13 heteroatoms. The first-order chi connectivity index (χ1) is 13.3. The summed E-state index contributed by atoms with van der Waals surface area (Å²) in [7, 11) is -3.98. The van der Waals surface area contributed by atoms with Crippen LogP contribution < -0.4 is 15.1 Å². The normalized spacial score (nSPS) is 19.4. The SMILES string of the molecule is CC(CC1CN(c2ccc(OCC(F)(F)F)cc2)C(=O)O1)(C(=O)NO)S(C)(=O)=O. The minimum atomic E-state index is -4.49. The lowest BCUT2D eigenvalue weighted by atomic mass is 10.0. The Hall–Kier alpha value is -2.54. The predicted octanol–water partition coefficient (Wildman–Crippen LogP) is 1.65. The van der Waals surface area contributed by atoms with Crippen molar-refractivity contribution in [3.63, 3.8) is 0 Å². The van der Waals surface area contributed by atoms with Crippen molar-refractivity contribution in [2.24, 2.45) is 0 Å². The maximum absolute atomic E-state index is 12.2. The van der Waals surface area contributed by atoms with Crippen LogP contribution in [0.2, 0.25) is 0 Å². The zero-order valence-electron chi connectivity index (χ0n) is 15.4. The number of anilines is 1. The van der Waals surface area contributed by atoms with Gasteiger partial charge in [0.25, 0.3) is 5.91 Å². The third kappa shape index (κ3) is 5.29. The van der Waals surface area contributed by atoms with Crippen LogP contribution >= 0.6 is 0 Å². The molecule has 1 aliphatic rings. The van der Waals surface area contributed by atoms with Crippen molar-refractivity contribution in [2.75, 3.05) is 24.3 Å². The standard InChI is InChI=1S/C16H19F3N2O7S/c1-15(13(22)20-24,29(2,25)26)7-12-8-21(14(23)28-12)10-3-5-11(6-4-10)27-9-16(17,18)19/h3-6,12,24H,7-9H2,1-2H3,(H,20,22). The predicted molar refractivity (Wildman–Crippen MR) is 93.4 cm³/mol. The number of nitrogens with zero attached hydrogens (tertiary/aromatic N) is 1. The monoisotopic (exact) mass is 440 g/mol. The molecule has 2 atom stereocenters. The molecule has 1 saturated heterocycles. The van der Waals surface area contributed by atoms with Crippen LogP contribution in [0.3, 0.4) is 0 Å². The summed E-state index contributed by atoms with van der Waals surface area (Å²) in [6, 6.07) is 5.15. The Morgan fingerprint density at radius 2 is 1.93 bits per heavy atom. The van der Waals surface area contributed by atoms with Gasteiger partial charge in [-0.2, -0.15) is 13.2 Å². The van der Waals surface area contributed by atoms with Crippen LogP contribution in [-0.2, 0) is 19.4 Å². The third-order valence-corrected chi connectivity index (χ3v) is 6.43. The summed E-state index contributed by atoms with van der Waals surface area (Å²) < 4.78 is 68.2. The number of rotatable bonds is 7. The number of carbonyl (C=O) groups excluding carboxylic acids is 2. The van der Waals surface area contributed by atoms with Gasteiger partial charge in [0.15, 0.2) is 21.2 Å². The molecule has 1 aromatic carbocycles. The van der Waals surface area contributed by atoms with Crippen LogP contribution in [0.5, 0.6) is 5.75 Å². The molecule has 0 aliphatic carbocycles. The van der Waals surface area contributed by atoms with E-state index in [1.165, 1.54) is 29.7 Å². The van der Waals surface area contributed by atoms with E-state index >= 15 is 0 Å². The van der Waals surface area contributed by atoms with Gasteiger partial charge in [-0.15, -0.1) is 0 Å². The minimum Gasteiger partial charge on any atom is -0.484 e. The molecule has 1 aromatic rings. The first kappa shape index (κ1) is 22.7. The molecule has 0 aromatic heterocycles. The second-order valence-electron chi connectivity index (χ2n) is 6.66. The number of amides is 2. The van der Waals surface area contributed by atoms with Crippen LogP contribution in [-0.4, -0.2) is 62.1 Å². The highest BCUT2D eigenvalue weighted by molar-refractivity contribution is 7.92. The number of halogens is 3. The van der Waals surface area contributed by atoms with Crippen molar-refractivity contribution in [3.8, 4) is 5.75 Å². The summed E-state index contributed by atoms with van der Waals surface area (Å²) in [6.07, 6.45) is -5.89. The molecule has 0 radical (unpaired) electrons. The fourth-order valence-corrected chi connectivity index (χ4v) is 3.56. The molecule has 1 aliphatic heterocycles. The molecule has 2 unspecified atom stereocenters. The number of carbonyl (C=O) groups is 2. The van der Waals surface area contributed by atoms with Crippen molar-refractivity contribution in [2.45, 2.75) is 30.4 Å². The van der Waals surface area contributed by atoms with Crippen molar-refractivity contribution in [1.82, 2.24) is 5.48 Å². The fraction of sp³-hybridized carbons (Fsp3) is 0.500. The molecule has 2 amide bonds. The van der Waals surface area contributed by atoms with Gasteiger partial charge in [0.1, 0.15) is 11.9 Å². The lowest BCUT2D eigenvalue weighted by Gasteiger charge is -2.26. The van der Waals surface area contributed by atoms with Gasteiger partial charge in [-0.3, -0.25) is 14.9 Å². The maximum atomic E-state index is 12.2. The Labute approximate surface area is 164 Å². The Balaban J connectivity index is 2.11. The van der Waals surface area contributed by atoms with Gasteiger partial charge in [0, 0.05) is 18.4 Å². The van der Waals surface area contributed by atoms with E-state index in [2.05, 4.69) is 4.74 Å². The highest BCUT2D eigenvalue weighted by Crippen LogP contribution is 2.31. The van der Waals surface area contributed by atoms with Gasteiger partial charge in [0.2, 0.25) is 0 Å². The number of cyclic esters (lactones) is 1. The molecule has 0 spiro atoms. The molecule has 9 nitrogen and oxygen atoms in total. The Bertz CT molecular complexity index is 873. The van der Waals surface area contributed by atoms with E-state index < -0.39 is 51.9 Å². The van der Waals surface area contributed by atoms with E-state index in [1.54, 1.807) is 0 Å². The molecule has 2 N–H and O–H groups in total. The van der Waals surface area contributed by atoms with Crippen molar-refractivity contribution in [1.29, 1.82) is 0 Å². The maximum Gasteiger partial charge on any atom is 0.422 e. The van der Waals surface area contributed by atoms with E-state index in [0.717, 1.165) is 18.1 Å².